The maximum absolute atomic E-state index is 9.83. The predicted molar refractivity (Wildman–Crippen MR) is 267 cm³/mol. The summed E-state index contributed by atoms with van der Waals surface area (Å²) in [5, 5.41) is 9.83. The number of rotatable bonds is 7. The SMILES string of the molecule is CC1(C)c2cc(C#N)ccc2-c2ccc(-c3cc(-c4ccc5c(c4)C(c4ccccc4)(c4ccccc4)c4ccccc4-5)cc(-c4nc(-c5ccccc5)nc(-c5ccccc5)n4)c3)cc21. The van der Waals surface area contributed by atoms with Crippen LogP contribution in [0.25, 0.3) is 78.7 Å². The number of aromatic nitrogens is 3. The van der Waals surface area contributed by atoms with Gasteiger partial charge >= 0.3 is 0 Å². The molecule has 12 rings (SSSR count). The summed E-state index contributed by atoms with van der Waals surface area (Å²) in [4.78, 5) is 15.5. The highest BCUT2D eigenvalue weighted by atomic mass is 15.0. The third-order valence-electron chi connectivity index (χ3n) is 13.8. The maximum Gasteiger partial charge on any atom is 0.164 e. The Labute approximate surface area is 385 Å². The second-order valence-electron chi connectivity index (χ2n) is 17.9. The first-order valence-corrected chi connectivity index (χ1v) is 22.5. The summed E-state index contributed by atoms with van der Waals surface area (Å²) in [7, 11) is 0. The van der Waals surface area contributed by atoms with Crippen molar-refractivity contribution in [2.75, 3.05) is 0 Å². The van der Waals surface area contributed by atoms with Gasteiger partial charge in [0.15, 0.2) is 17.5 Å². The minimum absolute atomic E-state index is 0.301. The minimum atomic E-state index is -0.541. The molecule has 2 aliphatic carbocycles. The summed E-state index contributed by atoms with van der Waals surface area (Å²) >= 11 is 0. The van der Waals surface area contributed by atoms with Gasteiger partial charge in [-0.15, -0.1) is 0 Å². The molecule has 1 heterocycles. The molecule has 0 radical (unpaired) electrons. The Bertz CT molecular complexity index is 3460. The van der Waals surface area contributed by atoms with E-state index in [9.17, 15) is 5.26 Å². The molecule has 9 aromatic carbocycles. The Balaban J connectivity index is 1.10. The van der Waals surface area contributed by atoms with Crippen LogP contribution in [0.3, 0.4) is 0 Å². The Hall–Kier alpha value is -8.52. The van der Waals surface area contributed by atoms with Crippen molar-refractivity contribution in [1.29, 1.82) is 5.26 Å². The van der Waals surface area contributed by atoms with Crippen molar-refractivity contribution < 1.29 is 0 Å². The van der Waals surface area contributed by atoms with Crippen LogP contribution in [0.2, 0.25) is 0 Å². The highest BCUT2D eigenvalue weighted by Crippen LogP contribution is 2.57. The van der Waals surface area contributed by atoms with Crippen LogP contribution in [0.1, 0.15) is 52.8 Å². The van der Waals surface area contributed by atoms with Crippen molar-refractivity contribution in [3.8, 4) is 84.7 Å². The zero-order valence-corrected chi connectivity index (χ0v) is 36.6. The van der Waals surface area contributed by atoms with Gasteiger partial charge in [0, 0.05) is 22.1 Å². The van der Waals surface area contributed by atoms with E-state index in [1.807, 2.05) is 66.7 Å². The summed E-state index contributed by atoms with van der Waals surface area (Å²) in [6.45, 7) is 4.53. The molecule has 310 valence electrons. The molecule has 0 N–H and O–H groups in total. The summed E-state index contributed by atoms with van der Waals surface area (Å²) in [6.07, 6.45) is 0. The van der Waals surface area contributed by atoms with E-state index in [4.69, 9.17) is 15.0 Å². The van der Waals surface area contributed by atoms with Gasteiger partial charge in [-0.2, -0.15) is 5.26 Å². The Morgan fingerprint density at radius 2 is 0.742 bits per heavy atom. The van der Waals surface area contributed by atoms with Gasteiger partial charge in [0.05, 0.1) is 17.0 Å². The molecule has 0 unspecified atom stereocenters. The normalized spacial score (nSPS) is 13.5. The van der Waals surface area contributed by atoms with Crippen LogP contribution in [0, 0.1) is 11.3 Å². The van der Waals surface area contributed by atoms with Crippen LogP contribution in [0.15, 0.2) is 218 Å². The summed E-state index contributed by atoms with van der Waals surface area (Å²) in [5.74, 6) is 1.83. The molecule has 0 spiro atoms. The third kappa shape index (κ3) is 6.16. The molecule has 10 aromatic rings. The molecule has 0 fully saturated rings. The van der Waals surface area contributed by atoms with Crippen LogP contribution >= 0.6 is 0 Å². The molecule has 0 saturated heterocycles. The maximum atomic E-state index is 9.83. The highest BCUT2D eigenvalue weighted by Gasteiger charge is 2.46. The lowest BCUT2D eigenvalue weighted by Gasteiger charge is -2.34. The quantitative estimate of drug-likeness (QED) is 0.160. The predicted octanol–water partition coefficient (Wildman–Crippen LogP) is 14.7. The number of benzene rings is 9. The first kappa shape index (κ1) is 39.1. The van der Waals surface area contributed by atoms with Gasteiger partial charge in [0.25, 0.3) is 0 Å². The Morgan fingerprint density at radius 1 is 0.333 bits per heavy atom. The number of nitriles is 1. The van der Waals surface area contributed by atoms with Crippen molar-refractivity contribution >= 4 is 0 Å². The van der Waals surface area contributed by atoms with Gasteiger partial charge in [-0.1, -0.05) is 190 Å². The fourth-order valence-electron chi connectivity index (χ4n) is 10.6. The van der Waals surface area contributed by atoms with Crippen molar-refractivity contribution in [3.05, 3.63) is 257 Å². The van der Waals surface area contributed by atoms with Gasteiger partial charge in [-0.05, 0) is 120 Å². The van der Waals surface area contributed by atoms with Gasteiger partial charge in [-0.3, -0.25) is 0 Å². The molecule has 4 nitrogen and oxygen atoms in total. The van der Waals surface area contributed by atoms with E-state index < -0.39 is 5.41 Å². The molecule has 2 aliphatic rings. The molecule has 0 aliphatic heterocycles. The molecule has 66 heavy (non-hydrogen) atoms. The van der Waals surface area contributed by atoms with Crippen LogP contribution < -0.4 is 0 Å². The third-order valence-corrected chi connectivity index (χ3v) is 13.8. The van der Waals surface area contributed by atoms with E-state index in [1.165, 1.54) is 55.6 Å². The smallest absolute Gasteiger partial charge is 0.164 e. The molecular weight excluding hydrogens is 801 g/mol. The lowest BCUT2D eigenvalue weighted by molar-refractivity contribution is 0.660. The topological polar surface area (TPSA) is 62.5 Å². The summed E-state index contributed by atoms with van der Waals surface area (Å²) in [5.41, 5.74) is 19.1. The molecule has 1 aromatic heterocycles. The van der Waals surface area contributed by atoms with E-state index in [2.05, 4.69) is 172 Å². The van der Waals surface area contributed by atoms with E-state index in [1.54, 1.807) is 0 Å². The molecular formula is C62H42N4. The first-order valence-electron chi connectivity index (χ1n) is 22.5. The fourth-order valence-corrected chi connectivity index (χ4v) is 10.6. The van der Waals surface area contributed by atoms with Crippen molar-refractivity contribution in [3.63, 3.8) is 0 Å². The number of hydrogen-bond acceptors (Lipinski definition) is 4. The van der Waals surface area contributed by atoms with Crippen LogP contribution in [-0.4, -0.2) is 15.0 Å². The van der Waals surface area contributed by atoms with Crippen LogP contribution in [0.5, 0.6) is 0 Å². The fraction of sp³-hybridized carbons (Fsp3) is 0.0645. The molecule has 4 heteroatoms. The van der Waals surface area contributed by atoms with Gasteiger partial charge in [0.1, 0.15) is 0 Å². The van der Waals surface area contributed by atoms with Crippen LogP contribution in [-0.2, 0) is 10.8 Å². The monoisotopic (exact) mass is 842 g/mol. The minimum Gasteiger partial charge on any atom is -0.208 e. The van der Waals surface area contributed by atoms with E-state index in [-0.39, 0.29) is 5.41 Å². The number of fused-ring (bicyclic) bond motifs is 6. The number of nitrogens with zero attached hydrogens (tertiary/aromatic N) is 4. The molecule has 0 atom stereocenters. The lowest BCUT2D eigenvalue weighted by Crippen LogP contribution is -2.28. The van der Waals surface area contributed by atoms with Gasteiger partial charge in [-0.25, -0.2) is 15.0 Å². The second kappa shape index (κ2) is 15.3. The highest BCUT2D eigenvalue weighted by molar-refractivity contribution is 5.90. The summed E-state index contributed by atoms with van der Waals surface area (Å²) in [6, 6.07) is 80.2. The molecule has 0 bridgehead atoms. The van der Waals surface area contributed by atoms with Crippen LogP contribution in [0.4, 0.5) is 0 Å². The van der Waals surface area contributed by atoms with Crippen molar-refractivity contribution in [2.45, 2.75) is 24.7 Å². The Kier molecular flexibility index (Phi) is 9.08. The summed E-state index contributed by atoms with van der Waals surface area (Å²) < 4.78 is 0. The Morgan fingerprint density at radius 3 is 1.29 bits per heavy atom. The standard InChI is InChI=1S/C62H42N4/c1-61(2)55-33-40(39-63)27-30-51(55)52-31-28-43(37-56(52)61)45-34-46(36-47(35-45)60-65-58(41-17-7-3-8-18-41)64-59(66-60)42-19-9-4-10-20-42)44-29-32-53-50-25-15-16-26-54(50)62(57(53)38-44,48-21-11-5-12-22-48)49-23-13-6-14-24-49/h3-38H,1-2H3. The zero-order valence-electron chi connectivity index (χ0n) is 36.6. The first-order chi connectivity index (χ1) is 32.4. The average molecular weight is 843 g/mol. The van der Waals surface area contributed by atoms with E-state index in [0.29, 0.717) is 23.0 Å². The number of hydrogen-bond donors (Lipinski definition) is 0. The molecule has 0 amide bonds. The van der Waals surface area contributed by atoms with E-state index >= 15 is 0 Å². The van der Waals surface area contributed by atoms with Crippen molar-refractivity contribution in [2.24, 2.45) is 0 Å². The molecule has 0 saturated carbocycles. The average Bonchev–Trinajstić information content (AvgIpc) is 3.81. The largest absolute Gasteiger partial charge is 0.208 e. The van der Waals surface area contributed by atoms with Gasteiger partial charge < -0.3 is 0 Å². The van der Waals surface area contributed by atoms with Crippen molar-refractivity contribution in [1.82, 2.24) is 15.0 Å². The van der Waals surface area contributed by atoms with E-state index in [0.717, 1.165) is 38.9 Å². The zero-order chi connectivity index (χ0) is 44.4. The van der Waals surface area contributed by atoms with Gasteiger partial charge in [0.2, 0.25) is 0 Å². The lowest BCUT2D eigenvalue weighted by atomic mass is 9.67. The second-order valence-corrected chi connectivity index (χ2v) is 17.9.